The zero-order valence-corrected chi connectivity index (χ0v) is 21.3. The average Bonchev–Trinajstić information content (AvgIpc) is 3.27. The van der Waals surface area contributed by atoms with Crippen LogP contribution in [0.1, 0.15) is 41.5 Å². The second-order valence-corrected chi connectivity index (χ2v) is 11.4. The number of amides is 2. The summed E-state index contributed by atoms with van der Waals surface area (Å²) < 4.78 is 26.9. The third-order valence-electron chi connectivity index (χ3n) is 5.69. The Morgan fingerprint density at radius 3 is 2.34 bits per heavy atom. The summed E-state index contributed by atoms with van der Waals surface area (Å²) >= 11 is 6.30. The van der Waals surface area contributed by atoms with Gasteiger partial charge in [0, 0.05) is 46.6 Å². The van der Waals surface area contributed by atoms with Gasteiger partial charge in [-0.3, -0.25) is 18.5 Å². The van der Waals surface area contributed by atoms with Crippen molar-refractivity contribution in [1.82, 2.24) is 14.7 Å². The first-order valence-electron chi connectivity index (χ1n) is 11.1. The Kier molecular flexibility index (Phi) is 7.10. The largest absolute Gasteiger partial charge is 0.337 e. The average molecular weight is 517 g/mol. The van der Waals surface area contributed by atoms with Crippen molar-refractivity contribution < 1.29 is 18.2 Å². The third kappa shape index (κ3) is 5.46. The lowest BCUT2D eigenvalue weighted by atomic mass is 10.0. The maximum Gasteiger partial charge on any atom is 0.259 e. The van der Waals surface area contributed by atoms with Gasteiger partial charge in [0.15, 0.2) is 0 Å². The summed E-state index contributed by atoms with van der Waals surface area (Å²) in [5, 5.41) is 7.53. The fraction of sp³-hybridized carbons (Fsp3) is 0.320. The van der Waals surface area contributed by atoms with Crippen molar-refractivity contribution in [3.8, 4) is 11.3 Å². The number of aromatic nitrogens is 2. The van der Waals surface area contributed by atoms with Crippen LogP contribution < -0.4 is 5.32 Å². The summed E-state index contributed by atoms with van der Waals surface area (Å²) in [5.41, 5.74) is 1.76. The van der Waals surface area contributed by atoms with E-state index in [1.807, 2.05) is 20.8 Å². The Bertz CT molecular complexity index is 1290. The van der Waals surface area contributed by atoms with E-state index < -0.39 is 22.2 Å². The quantitative estimate of drug-likeness (QED) is 0.551. The molecule has 4 rings (SSSR count). The smallest absolute Gasteiger partial charge is 0.259 e. The summed E-state index contributed by atoms with van der Waals surface area (Å²) in [6.07, 6.45) is 1.48. The Morgan fingerprint density at radius 2 is 1.71 bits per heavy atom. The van der Waals surface area contributed by atoms with Crippen molar-refractivity contribution in [1.29, 1.82) is 0 Å². The first-order chi connectivity index (χ1) is 16.5. The molecule has 0 spiro atoms. The van der Waals surface area contributed by atoms with E-state index in [0.717, 1.165) is 0 Å². The van der Waals surface area contributed by atoms with Crippen molar-refractivity contribution >= 4 is 39.9 Å². The summed E-state index contributed by atoms with van der Waals surface area (Å²) in [6, 6.07) is 10.6. The van der Waals surface area contributed by atoms with Crippen molar-refractivity contribution in [3.05, 3.63) is 70.6 Å². The molecule has 3 aromatic rings. The van der Waals surface area contributed by atoms with Crippen LogP contribution in [0.5, 0.6) is 0 Å². The van der Waals surface area contributed by atoms with Crippen LogP contribution in [-0.4, -0.2) is 55.3 Å². The monoisotopic (exact) mass is 516 g/mol. The summed E-state index contributed by atoms with van der Waals surface area (Å²) in [5.74, 6) is -0.197. The molecule has 0 aliphatic carbocycles. The number of nitrogens with zero attached hydrogens (tertiary/aromatic N) is 3. The molecule has 0 atom stereocenters. The molecule has 2 amide bonds. The van der Waals surface area contributed by atoms with E-state index in [0.29, 0.717) is 47.1 Å². The number of hydrogen-bond acceptors (Lipinski definition) is 4. The van der Waals surface area contributed by atoms with Crippen LogP contribution >= 0.6 is 11.6 Å². The number of anilines is 1. The van der Waals surface area contributed by atoms with Crippen LogP contribution in [0.4, 0.5) is 10.1 Å². The Morgan fingerprint density at radius 1 is 1.06 bits per heavy atom. The molecule has 7 nitrogen and oxygen atoms in total. The molecule has 1 saturated heterocycles. The van der Waals surface area contributed by atoms with Gasteiger partial charge in [-0.2, -0.15) is 5.10 Å². The molecule has 35 heavy (non-hydrogen) atoms. The lowest BCUT2D eigenvalue weighted by Crippen LogP contribution is -2.41. The second kappa shape index (κ2) is 9.91. The van der Waals surface area contributed by atoms with Gasteiger partial charge in [-0.1, -0.05) is 11.6 Å². The molecular weight excluding hydrogens is 491 g/mol. The minimum absolute atomic E-state index is 0.265. The summed E-state index contributed by atoms with van der Waals surface area (Å²) in [7, 11) is -0.909. The predicted octanol–water partition coefficient (Wildman–Crippen LogP) is 4.55. The van der Waals surface area contributed by atoms with E-state index in [9.17, 15) is 18.2 Å². The SMILES string of the molecule is CC(C)(C)n1ncc(C(=O)Nc2ccc(Cl)c(C(=O)N3CCS(=O)CC3)c2)c1-c1ccc(F)cc1. The first-order valence-corrected chi connectivity index (χ1v) is 13.0. The van der Waals surface area contributed by atoms with Gasteiger partial charge in [0.05, 0.1) is 33.6 Å². The molecule has 1 aliphatic rings. The van der Waals surface area contributed by atoms with Crippen LogP contribution in [0.2, 0.25) is 5.02 Å². The number of carbonyl (C=O) groups is 2. The normalized spacial score (nSPS) is 14.7. The van der Waals surface area contributed by atoms with Gasteiger partial charge in [0.1, 0.15) is 5.82 Å². The molecule has 2 heterocycles. The fourth-order valence-electron chi connectivity index (χ4n) is 3.89. The Labute approximate surface area is 210 Å². The number of benzene rings is 2. The molecular formula is C25H26ClFN4O3S. The van der Waals surface area contributed by atoms with Crippen molar-refractivity contribution in [2.45, 2.75) is 26.3 Å². The maximum atomic E-state index is 13.5. The molecule has 184 valence electrons. The number of carbonyl (C=O) groups excluding carboxylic acids is 2. The highest BCUT2D eigenvalue weighted by molar-refractivity contribution is 7.85. The van der Waals surface area contributed by atoms with Crippen molar-refractivity contribution in [3.63, 3.8) is 0 Å². The number of halogens is 2. The molecule has 1 N–H and O–H groups in total. The molecule has 0 bridgehead atoms. The zero-order chi connectivity index (χ0) is 25.3. The topological polar surface area (TPSA) is 84.3 Å². The van der Waals surface area contributed by atoms with Crippen LogP contribution in [-0.2, 0) is 16.3 Å². The molecule has 2 aromatic carbocycles. The van der Waals surface area contributed by atoms with E-state index in [1.165, 1.54) is 18.3 Å². The minimum Gasteiger partial charge on any atom is -0.337 e. The third-order valence-corrected chi connectivity index (χ3v) is 7.29. The lowest BCUT2D eigenvalue weighted by molar-refractivity contribution is 0.0771. The number of hydrogen-bond donors (Lipinski definition) is 1. The highest BCUT2D eigenvalue weighted by atomic mass is 35.5. The lowest BCUT2D eigenvalue weighted by Gasteiger charge is -2.26. The van der Waals surface area contributed by atoms with E-state index in [2.05, 4.69) is 10.4 Å². The Balaban J connectivity index is 1.64. The number of nitrogens with one attached hydrogen (secondary N) is 1. The standard InChI is InChI=1S/C25H26ClFN4O3S/c1-25(2,3)31-22(16-4-6-17(27)7-5-16)20(15-28-31)23(32)29-18-8-9-21(26)19(14-18)24(33)30-10-12-35(34)13-11-30/h4-9,14-15H,10-13H2,1-3H3,(H,29,32). The van der Waals surface area contributed by atoms with E-state index in [1.54, 1.807) is 39.9 Å². The summed E-state index contributed by atoms with van der Waals surface area (Å²) in [6.45, 7) is 6.67. The predicted molar refractivity (Wildman–Crippen MR) is 136 cm³/mol. The van der Waals surface area contributed by atoms with Gasteiger partial charge in [-0.05, 0) is 63.2 Å². The number of rotatable bonds is 4. The highest BCUT2D eigenvalue weighted by Crippen LogP contribution is 2.30. The van der Waals surface area contributed by atoms with Crippen LogP contribution in [0.15, 0.2) is 48.7 Å². The Hall–Kier alpha value is -3.04. The first kappa shape index (κ1) is 25.1. The summed E-state index contributed by atoms with van der Waals surface area (Å²) in [4.78, 5) is 27.9. The molecule has 0 saturated carbocycles. The van der Waals surface area contributed by atoms with E-state index in [4.69, 9.17) is 11.6 Å². The van der Waals surface area contributed by atoms with Gasteiger partial charge in [-0.25, -0.2) is 4.39 Å². The second-order valence-electron chi connectivity index (χ2n) is 9.29. The van der Waals surface area contributed by atoms with E-state index >= 15 is 0 Å². The van der Waals surface area contributed by atoms with E-state index in [-0.39, 0.29) is 22.3 Å². The fourth-order valence-corrected chi connectivity index (χ4v) is 5.14. The van der Waals surface area contributed by atoms with Gasteiger partial charge in [-0.15, -0.1) is 0 Å². The van der Waals surface area contributed by atoms with Crippen LogP contribution in [0.3, 0.4) is 0 Å². The molecule has 10 heteroatoms. The van der Waals surface area contributed by atoms with Crippen LogP contribution in [0, 0.1) is 5.82 Å². The van der Waals surface area contributed by atoms with Gasteiger partial charge in [0.25, 0.3) is 11.8 Å². The molecule has 1 aliphatic heterocycles. The maximum absolute atomic E-state index is 13.5. The van der Waals surface area contributed by atoms with Gasteiger partial charge >= 0.3 is 0 Å². The molecule has 0 radical (unpaired) electrons. The zero-order valence-electron chi connectivity index (χ0n) is 19.7. The van der Waals surface area contributed by atoms with Crippen LogP contribution in [0.25, 0.3) is 11.3 Å². The highest BCUT2D eigenvalue weighted by Gasteiger charge is 2.27. The van der Waals surface area contributed by atoms with Crippen molar-refractivity contribution in [2.75, 3.05) is 29.9 Å². The molecule has 1 fully saturated rings. The molecule has 0 unspecified atom stereocenters. The van der Waals surface area contributed by atoms with Crippen molar-refractivity contribution in [2.24, 2.45) is 0 Å². The van der Waals surface area contributed by atoms with Gasteiger partial charge < -0.3 is 10.2 Å². The van der Waals surface area contributed by atoms with Gasteiger partial charge in [0.2, 0.25) is 0 Å². The minimum atomic E-state index is -0.909. The molecule has 1 aromatic heterocycles.